The van der Waals surface area contributed by atoms with Gasteiger partial charge in [-0.1, -0.05) is 24.6 Å². The van der Waals surface area contributed by atoms with Gasteiger partial charge >= 0.3 is 5.97 Å². The van der Waals surface area contributed by atoms with Gasteiger partial charge < -0.3 is 15.2 Å². The second-order valence-corrected chi connectivity index (χ2v) is 5.13. The van der Waals surface area contributed by atoms with Crippen LogP contribution in [0.1, 0.15) is 31.2 Å². The number of para-hydroxylation sites is 1. The standard InChI is InChI=1S/C15H21NO3/c1-19-10-12-5-2-3-8-14(12)16-13-7-4-6-11(9-13)15(17)18/h2-3,5,8,11,13,16H,4,6-7,9-10H2,1H3,(H,17,18). The minimum atomic E-state index is -0.670. The quantitative estimate of drug-likeness (QED) is 0.857. The first-order valence-corrected chi connectivity index (χ1v) is 6.77. The number of methoxy groups -OCH3 is 1. The summed E-state index contributed by atoms with van der Waals surface area (Å²) in [4.78, 5) is 11.1. The molecule has 0 heterocycles. The second kappa shape index (κ2) is 6.57. The Morgan fingerprint density at radius 1 is 1.42 bits per heavy atom. The molecular weight excluding hydrogens is 242 g/mol. The van der Waals surface area contributed by atoms with E-state index in [1.54, 1.807) is 7.11 Å². The molecule has 1 aliphatic carbocycles. The molecule has 104 valence electrons. The summed E-state index contributed by atoms with van der Waals surface area (Å²) in [5.74, 6) is -0.877. The van der Waals surface area contributed by atoms with Crippen LogP contribution in [0.25, 0.3) is 0 Å². The van der Waals surface area contributed by atoms with Crippen LogP contribution in [0, 0.1) is 5.92 Å². The molecule has 4 nitrogen and oxygen atoms in total. The maximum absolute atomic E-state index is 11.1. The number of anilines is 1. The van der Waals surface area contributed by atoms with Crippen molar-refractivity contribution in [3.05, 3.63) is 29.8 Å². The Bertz CT molecular complexity index is 433. The van der Waals surface area contributed by atoms with Crippen molar-refractivity contribution in [1.29, 1.82) is 0 Å². The van der Waals surface area contributed by atoms with Crippen LogP contribution < -0.4 is 5.32 Å². The minimum Gasteiger partial charge on any atom is -0.481 e. The zero-order chi connectivity index (χ0) is 13.7. The number of aliphatic carboxylic acids is 1. The Kier molecular flexibility index (Phi) is 4.80. The van der Waals surface area contributed by atoms with Crippen molar-refractivity contribution < 1.29 is 14.6 Å². The normalized spacial score (nSPS) is 23.0. The smallest absolute Gasteiger partial charge is 0.306 e. The molecule has 1 aromatic rings. The van der Waals surface area contributed by atoms with Gasteiger partial charge in [-0.3, -0.25) is 4.79 Å². The van der Waals surface area contributed by atoms with Crippen LogP contribution in [-0.4, -0.2) is 24.2 Å². The van der Waals surface area contributed by atoms with Crippen molar-refractivity contribution >= 4 is 11.7 Å². The molecule has 2 atom stereocenters. The van der Waals surface area contributed by atoms with Crippen LogP contribution in [0.4, 0.5) is 5.69 Å². The van der Waals surface area contributed by atoms with E-state index in [9.17, 15) is 4.79 Å². The third kappa shape index (κ3) is 3.70. The lowest BCUT2D eigenvalue weighted by molar-refractivity contribution is -0.142. The number of ether oxygens (including phenoxy) is 1. The van der Waals surface area contributed by atoms with E-state index in [0.717, 1.165) is 30.5 Å². The second-order valence-electron chi connectivity index (χ2n) is 5.13. The fourth-order valence-electron chi connectivity index (χ4n) is 2.71. The topological polar surface area (TPSA) is 58.6 Å². The molecule has 2 unspecified atom stereocenters. The Balaban J connectivity index is 2.02. The summed E-state index contributed by atoms with van der Waals surface area (Å²) in [6.45, 7) is 0.568. The molecule has 1 aliphatic rings. The van der Waals surface area contributed by atoms with Gasteiger partial charge in [-0.25, -0.2) is 0 Å². The Morgan fingerprint density at radius 2 is 2.21 bits per heavy atom. The van der Waals surface area contributed by atoms with Crippen LogP contribution in [0.5, 0.6) is 0 Å². The monoisotopic (exact) mass is 263 g/mol. The molecule has 0 aliphatic heterocycles. The fourth-order valence-corrected chi connectivity index (χ4v) is 2.71. The highest BCUT2D eigenvalue weighted by Crippen LogP contribution is 2.28. The number of hydrogen-bond donors (Lipinski definition) is 2. The molecule has 4 heteroatoms. The van der Waals surface area contributed by atoms with Gasteiger partial charge in [0.15, 0.2) is 0 Å². The number of benzene rings is 1. The summed E-state index contributed by atoms with van der Waals surface area (Å²) in [6, 6.07) is 8.27. The lowest BCUT2D eigenvalue weighted by atomic mass is 9.85. The number of carbonyl (C=O) groups is 1. The van der Waals surface area contributed by atoms with Gasteiger partial charge in [0.2, 0.25) is 0 Å². The number of carboxylic acid groups (broad SMARTS) is 1. The van der Waals surface area contributed by atoms with Crippen molar-refractivity contribution in [2.75, 3.05) is 12.4 Å². The molecular formula is C15H21NO3. The summed E-state index contributed by atoms with van der Waals surface area (Å²) in [7, 11) is 1.68. The largest absolute Gasteiger partial charge is 0.481 e. The Hall–Kier alpha value is -1.55. The first-order valence-electron chi connectivity index (χ1n) is 6.77. The van der Waals surface area contributed by atoms with Gasteiger partial charge in [0.1, 0.15) is 0 Å². The van der Waals surface area contributed by atoms with E-state index in [4.69, 9.17) is 9.84 Å². The molecule has 19 heavy (non-hydrogen) atoms. The maximum Gasteiger partial charge on any atom is 0.306 e. The highest BCUT2D eigenvalue weighted by molar-refractivity contribution is 5.70. The van der Waals surface area contributed by atoms with E-state index in [2.05, 4.69) is 5.32 Å². The van der Waals surface area contributed by atoms with Gasteiger partial charge in [-0.15, -0.1) is 0 Å². The van der Waals surface area contributed by atoms with E-state index in [-0.39, 0.29) is 12.0 Å². The molecule has 0 aromatic heterocycles. The first-order chi connectivity index (χ1) is 9.20. The Morgan fingerprint density at radius 3 is 2.95 bits per heavy atom. The van der Waals surface area contributed by atoms with Crippen LogP contribution in [0.3, 0.4) is 0 Å². The number of hydrogen-bond acceptors (Lipinski definition) is 3. The van der Waals surface area contributed by atoms with Gasteiger partial charge in [0.05, 0.1) is 12.5 Å². The molecule has 0 spiro atoms. The highest BCUT2D eigenvalue weighted by atomic mass is 16.5. The summed E-state index contributed by atoms with van der Waals surface area (Å²) in [5, 5.41) is 12.6. The molecule has 0 amide bonds. The molecule has 2 N–H and O–H groups in total. The van der Waals surface area contributed by atoms with Crippen molar-refractivity contribution in [3.63, 3.8) is 0 Å². The number of nitrogens with one attached hydrogen (secondary N) is 1. The van der Waals surface area contributed by atoms with Crippen molar-refractivity contribution in [3.8, 4) is 0 Å². The minimum absolute atomic E-state index is 0.208. The van der Waals surface area contributed by atoms with E-state index in [0.29, 0.717) is 13.0 Å². The van der Waals surface area contributed by atoms with Gasteiger partial charge in [-0.2, -0.15) is 0 Å². The van der Waals surface area contributed by atoms with Crippen molar-refractivity contribution in [2.45, 2.75) is 38.3 Å². The predicted octanol–water partition coefficient (Wildman–Crippen LogP) is 2.89. The average Bonchev–Trinajstić information content (AvgIpc) is 2.41. The lowest BCUT2D eigenvalue weighted by Gasteiger charge is -2.29. The van der Waals surface area contributed by atoms with Crippen molar-refractivity contribution in [2.24, 2.45) is 5.92 Å². The van der Waals surface area contributed by atoms with Gasteiger partial charge in [-0.05, 0) is 25.3 Å². The first kappa shape index (κ1) is 13.9. The lowest BCUT2D eigenvalue weighted by Crippen LogP contribution is -2.31. The third-order valence-corrected chi connectivity index (χ3v) is 3.70. The third-order valence-electron chi connectivity index (χ3n) is 3.70. The molecule has 1 saturated carbocycles. The number of carboxylic acids is 1. The number of rotatable bonds is 5. The molecule has 1 fully saturated rings. The predicted molar refractivity (Wildman–Crippen MR) is 74.2 cm³/mol. The molecule has 0 radical (unpaired) electrons. The van der Waals surface area contributed by atoms with Crippen LogP contribution in [-0.2, 0) is 16.1 Å². The molecule has 0 bridgehead atoms. The summed E-state index contributed by atoms with van der Waals surface area (Å²) >= 11 is 0. The average molecular weight is 263 g/mol. The van der Waals surface area contributed by atoms with E-state index in [1.807, 2.05) is 24.3 Å². The summed E-state index contributed by atoms with van der Waals surface area (Å²) in [6.07, 6.45) is 3.51. The fraction of sp³-hybridized carbons (Fsp3) is 0.533. The van der Waals surface area contributed by atoms with E-state index in [1.165, 1.54) is 0 Å². The van der Waals surface area contributed by atoms with E-state index < -0.39 is 5.97 Å². The molecule has 1 aromatic carbocycles. The zero-order valence-electron chi connectivity index (χ0n) is 11.3. The molecule has 2 rings (SSSR count). The zero-order valence-corrected chi connectivity index (χ0v) is 11.3. The summed E-state index contributed by atoms with van der Waals surface area (Å²) in [5.41, 5.74) is 2.17. The van der Waals surface area contributed by atoms with Crippen LogP contribution in [0.2, 0.25) is 0 Å². The highest BCUT2D eigenvalue weighted by Gasteiger charge is 2.27. The van der Waals surface area contributed by atoms with Crippen LogP contribution in [0.15, 0.2) is 24.3 Å². The van der Waals surface area contributed by atoms with Crippen LogP contribution >= 0.6 is 0 Å². The maximum atomic E-state index is 11.1. The van der Waals surface area contributed by atoms with Gasteiger partial charge in [0.25, 0.3) is 0 Å². The van der Waals surface area contributed by atoms with E-state index >= 15 is 0 Å². The van der Waals surface area contributed by atoms with Crippen molar-refractivity contribution in [1.82, 2.24) is 0 Å². The summed E-state index contributed by atoms with van der Waals surface area (Å²) < 4.78 is 5.18. The Labute approximate surface area is 113 Å². The van der Waals surface area contributed by atoms with Gasteiger partial charge in [0, 0.05) is 24.4 Å². The SMILES string of the molecule is COCc1ccccc1NC1CCCC(C(=O)O)C1. The molecule has 0 saturated heterocycles.